The lowest BCUT2D eigenvalue weighted by Gasteiger charge is -2.28. The molecule has 1 fully saturated rings. The van der Waals surface area contributed by atoms with Crippen molar-refractivity contribution in [1.29, 1.82) is 0 Å². The quantitative estimate of drug-likeness (QED) is 0.665. The second-order valence-corrected chi connectivity index (χ2v) is 5.86. The van der Waals surface area contributed by atoms with E-state index in [1.807, 2.05) is 0 Å². The van der Waals surface area contributed by atoms with Crippen LogP contribution in [0.15, 0.2) is 0 Å². The van der Waals surface area contributed by atoms with Gasteiger partial charge in [0.25, 0.3) is 0 Å². The van der Waals surface area contributed by atoms with Gasteiger partial charge in [0, 0.05) is 13.1 Å². The minimum absolute atomic E-state index is 0.343. The third kappa shape index (κ3) is 7.02. The molecule has 1 saturated heterocycles. The van der Waals surface area contributed by atoms with Crippen LogP contribution in [0.2, 0.25) is 0 Å². The normalized spacial score (nSPS) is 21.7. The molecule has 3 heteroatoms. The number of hydrogen-bond donors (Lipinski definition) is 1. The molecule has 1 unspecified atom stereocenters. The summed E-state index contributed by atoms with van der Waals surface area (Å²) >= 11 is 0. The molecule has 1 aliphatic rings. The van der Waals surface area contributed by atoms with Crippen LogP contribution in [0, 0.1) is 5.41 Å². The summed E-state index contributed by atoms with van der Waals surface area (Å²) in [5.41, 5.74) is 0.403. The number of hydrogen-bond acceptors (Lipinski definition) is 3. The van der Waals surface area contributed by atoms with Crippen LogP contribution in [0.5, 0.6) is 0 Å². The first-order chi connectivity index (χ1) is 8.14. The van der Waals surface area contributed by atoms with E-state index in [0.717, 1.165) is 26.1 Å². The maximum atomic E-state index is 5.51. The van der Waals surface area contributed by atoms with Crippen LogP contribution in [0.3, 0.4) is 0 Å². The monoisotopic (exact) mass is 243 g/mol. The van der Waals surface area contributed by atoms with E-state index >= 15 is 0 Å². The maximum absolute atomic E-state index is 5.51. The van der Waals surface area contributed by atoms with Crippen molar-refractivity contribution in [2.24, 2.45) is 5.41 Å². The Morgan fingerprint density at radius 3 is 2.76 bits per heavy atom. The van der Waals surface area contributed by atoms with Gasteiger partial charge >= 0.3 is 0 Å². The number of nitrogens with one attached hydrogen (secondary N) is 1. The van der Waals surface area contributed by atoms with Gasteiger partial charge in [-0.05, 0) is 18.3 Å². The zero-order valence-electron chi connectivity index (χ0n) is 11.8. The van der Waals surface area contributed by atoms with E-state index in [0.29, 0.717) is 18.3 Å². The standard InChI is InChI=1S/C14H29NO2/c1-4-5-6-8-14(2,3)11-15-10-13-7-9-16-12-17-13/h13,15H,4-12H2,1-3H3. The van der Waals surface area contributed by atoms with Crippen LogP contribution in [-0.4, -0.2) is 32.6 Å². The molecule has 1 aliphatic heterocycles. The van der Waals surface area contributed by atoms with E-state index in [2.05, 4.69) is 26.1 Å². The van der Waals surface area contributed by atoms with Gasteiger partial charge in [-0.25, -0.2) is 0 Å². The Morgan fingerprint density at radius 2 is 2.12 bits per heavy atom. The summed E-state index contributed by atoms with van der Waals surface area (Å²) in [7, 11) is 0. The summed E-state index contributed by atoms with van der Waals surface area (Å²) in [5, 5.41) is 3.54. The Labute approximate surface area is 106 Å². The summed E-state index contributed by atoms with van der Waals surface area (Å²) in [4.78, 5) is 0. The summed E-state index contributed by atoms with van der Waals surface area (Å²) in [6.45, 7) is 10.3. The molecule has 1 rings (SSSR count). The largest absolute Gasteiger partial charge is 0.355 e. The molecule has 102 valence electrons. The molecule has 0 bridgehead atoms. The lowest BCUT2D eigenvalue weighted by Crippen LogP contribution is -2.38. The number of rotatable bonds is 8. The Morgan fingerprint density at radius 1 is 1.29 bits per heavy atom. The molecule has 0 saturated carbocycles. The average molecular weight is 243 g/mol. The Balaban J connectivity index is 2.06. The molecule has 1 atom stereocenters. The lowest BCUT2D eigenvalue weighted by molar-refractivity contribution is -0.137. The molecule has 0 aliphatic carbocycles. The maximum Gasteiger partial charge on any atom is 0.147 e. The van der Waals surface area contributed by atoms with Gasteiger partial charge in [-0.1, -0.05) is 40.0 Å². The molecular formula is C14H29NO2. The third-order valence-electron chi connectivity index (χ3n) is 3.40. The number of ether oxygens (including phenoxy) is 2. The minimum Gasteiger partial charge on any atom is -0.355 e. The summed E-state index contributed by atoms with van der Waals surface area (Å²) in [6, 6.07) is 0. The highest BCUT2D eigenvalue weighted by atomic mass is 16.7. The molecule has 3 nitrogen and oxygen atoms in total. The van der Waals surface area contributed by atoms with Gasteiger partial charge < -0.3 is 14.8 Å². The first-order valence-corrected chi connectivity index (χ1v) is 7.04. The van der Waals surface area contributed by atoms with Crippen molar-refractivity contribution in [3.05, 3.63) is 0 Å². The van der Waals surface area contributed by atoms with Crippen LogP contribution in [0.25, 0.3) is 0 Å². The molecule has 0 amide bonds. The van der Waals surface area contributed by atoms with Crippen molar-refractivity contribution in [3.8, 4) is 0 Å². The Hall–Kier alpha value is -0.120. The first-order valence-electron chi connectivity index (χ1n) is 7.04. The van der Waals surface area contributed by atoms with Crippen LogP contribution in [0.4, 0.5) is 0 Å². The van der Waals surface area contributed by atoms with Crippen molar-refractivity contribution < 1.29 is 9.47 Å². The third-order valence-corrected chi connectivity index (χ3v) is 3.40. The first kappa shape index (κ1) is 14.9. The fourth-order valence-corrected chi connectivity index (χ4v) is 2.18. The Kier molecular flexibility index (Phi) is 7.09. The van der Waals surface area contributed by atoms with E-state index in [1.54, 1.807) is 0 Å². The zero-order chi connectivity index (χ0) is 12.6. The van der Waals surface area contributed by atoms with Crippen LogP contribution in [-0.2, 0) is 9.47 Å². The average Bonchev–Trinajstić information content (AvgIpc) is 2.30. The lowest BCUT2D eigenvalue weighted by atomic mass is 9.87. The molecule has 17 heavy (non-hydrogen) atoms. The highest BCUT2D eigenvalue weighted by Crippen LogP contribution is 2.22. The molecule has 0 aromatic carbocycles. The van der Waals surface area contributed by atoms with Gasteiger partial charge in [-0.2, -0.15) is 0 Å². The summed E-state index contributed by atoms with van der Waals surface area (Å²) in [5.74, 6) is 0. The van der Waals surface area contributed by atoms with Gasteiger partial charge in [0.15, 0.2) is 0 Å². The summed E-state index contributed by atoms with van der Waals surface area (Å²) in [6.07, 6.45) is 6.67. The van der Waals surface area contributed by atoms with Crippen molar-refractivity contribution >= 4 is 0 Å². The minimum atomic E-state index is 0.343. The molecular weight excluding hydrogens is 214 g/mol. The van der Waals surface area contributed by atoms with E-state index in [4.69, 9.17) is 9.47 Å². The highest BCUT2D eigenvalue weighted by Gasteiger charge is 2.19. The molecule has 1 N–H and O–H groups in total. The van der Waals surface area contributed by atoms with E-state index in [9.17, 15) is 0 Å². The SMILES string of the molecule is CCCCCC(C)(C)CNCC1CCOCO1. The van der Waals surface area contributed by atoms with Crippen LogP contribution in [0.1, 0.15) is 52.9 Å². The van der Waals surface area contributed by atoms with Gasteiger partial charge in [0.2, 0.25) is 0 Å². The summed E-state index contributed by atoms with van der Waals surface area (Å²) < 4.78 is 10.7. The van der Waals surface area contributed by atoms with Gasteiger partial charge in [0.05, 0.1) is 12.7 Å². The second kappa shape index (κ2) is 8.06. The van der Waals surface area contributed by atoms with Crippen molar-refractivity contribution in [2.45, 2.75) is 59.0 Å². The van der Waals surface area contributed by atoms with Crippen LogP contribution < -0.4 is 5.32 Å². The molecule has 1 heterocycles. The van der Waals surface area contributed by atoms with E-state index in [-0.39, 0.29) is 0 Å². The van der Waals surface area contributed by atoms with E-state index in [1.165, 1.54) is 25.7 Å². The van der Waals surface area contributed by atoms with Gasteiger partial charge in [-0.15, -0.1) is 0 Å². The van der Waals surface area contributed by atoms with E-state index < -0.39 is 0 Å². The fourth-order valence-electron chi connectivity index (χ4n) is 2.18. The van der Waals surface area contributed by atoms with Crippen LogP contribution >= 0.6 is 0 Å². The van der Waals surface area contributed by atoms with Crippen molar-refractivity contribution in [2.75, 3.05) is 26.5 Å². The molecule has 0 aromatic rings. The predicted octanol–water partition coefficient (Wildman–Crippen LogP) is 2.95. The second-order valence-electron chi connectivity index (χ2n) is 5.86. The molecule has 0 spiro atoms. The van der Waals surface area contributed by atoms with Crippen molar-refractivity contribution in [3.63, 3.8) is 0 Å². The fraction of sp³-hybridized carbons (Fsp3) is 1.00. The topological polar surface area (TPSA) is 30.5 Å². The highest BCUT2D eigenvalue weighted by molar-refractivity contribution is 4.73. The molecule has 0 radical (unpaired) electrons. The smallest absolute Gasteiger partial charge is 0.147 e. The van der Waals surface area contributed by atoms with Crippen molar-refractivity contribution in [1.82, 2.24) is 5.32 Å². The van der Waals surface area contributed by atoms with Gasteiger partial charge in [-0.3, -0.25) is 0 Å². The zero-order valence-corrected chi connectivity index (χ0v) is 11.8. The number of unbranched alkanes of at least 4 members (excludes halogenated alkanes) is 2. The van der Waals surface area contributed by atoms with Gasteiger partial charge in [0.1, 0.15) is 6.79 Å². The Bertz CT molecular complexity index is 189. The molecule has 0 aromatic heterocycles. The predicted molar refractivity (Wildman–Crippen MR) is 71.1 cm³/mol.